The third kappa shape index (κ3) is 2.88. The summed E-state index contributed by atoms with van der Waals surface area (Å²) in [6.07, 6.45) is 3.55. The first-order chi connectivity index (χ1) is 9.67. The average Bonchev–Trinajstić information content (AvgIpc) is 2.43. The molecule has 3 rings (SSSR count). The van der Waals surface area contributed by atoms with Crippen LogP contribution in [0.1, 0.15) is 25.7 Å². The van der Waals surface area contributed by atoms with Gasteiger partial charge in [-0.1, -0.05) is 0 Å². The predicted octanol–water partition coefficient (Wildman–Crippen LogP) is 2.51. The van der Waals surface area contributed by atoms with Crippen molar-refractivity contribution in [3.05, 3.63) is 24.0 Å². The van der Waals surface area contributed by atoms with E-state index in [1.54, 1.807) is 6.07 Å². The van der Waals surface area contributed by atoms with Gasteiger partial charge in [0.05, 0.1) is 17.9 Å². The molecule has 2 fully saturated rings. The summed E-state index contributed by atoms with van der Waals surface area (Å²) >= 11 is 0. The number of nitrogens with two attached hydrogens (primary N) is 1. The number of hydrogen-bond acceptors (Lipinski definition) is 4. The Morgan fingerprint density at radius 1 is 1.25 bits per heavy atom. The lowest BCUT2D eigenvalue weighted by molar-refractivity contribution is -0.155. The maximum atomic E-state index is 13.0. The molecule has 0 radical (unpaired) electrons. The Hall–Kier alpha value is -1.33. The summed E-state index contributed by atoms with van der Waals surface area (Å²) in [6, 6.07) is 4.25. The fraction of sp³-hybridized carbons (Fsp3) is 0.600. The summed E-state index contributed by atoms with van der Waals surface area (Å²) in [4.78, 5) is 0. The third-order valence-corrected chi connectivity index (χ3v) is 4.12. The number of nitrogen functional groups attached to an aromatic ring is 1. The molecule has 2 aliphatic heterocycles. The minimum atomic E-state index is -0.345. The molecule has 5 heteroatoms. The van der Waals surface area contributed by atoms with Gasteiger partial charge < -0.3 is 19.9 Å². The average molecular weight is 281 g/mol. The molecule has 0 bridgehead atoms. The van der Waals surface area contributed by atoms with Gasteiger partial charge >= 0.3 is 0 Å². The summed E-state index contributed by atoms with van der Waals surface area (Å²) in [7, 11) is 0. The lowest BCUT2D eigenvalue weighted by Gasteiger charge is -2.43. The van der Waals surface area contributed by atoms with Gasteiger partial charge in [0.2, 0.25) is 0 Å². The normalized spacial score (nSPS) is 25.6. The van der Waals surface area contributed by atoms with E-state index in [4.69, 9.17) is 19.9 Å². The van der Waals surface area contributed by atoms with Gasteiger partial charge in [-0.3, -0.25) is 0 Å². The maximum Gasteiger partial charge on any atom is 0.142 e. The van der Waals surface area contributed by atoms with Crippen LogP contribution in [0.4, 0.5) is 10.1 Å². The smallest absolute Gasteiger partial charge is 0.142 e. The Labute approximate surface area is 118 Å². The first kappa shape index (κ1) is 13.6. The standard InChI is InChI=1S/C15H20FNO3/c16-11-1-2-14(13(17)9-11)20-12-3-6-19-15(10-12)4-7-18-8-5-15/h1-2,9,12H,3-8,10,17H2. The predicted molar refractivity (Wildman–Crippen MR) is 73.2 cm³/mol. The Morgan fingerprint density at radius 3 is 2.80 bits per heavy atom. The Bertz CT molecular complexity index is 469. The SMILES string of the molecule is Nc1cc(F)ccc1OC1CCOC2(CCOCC2)C1. The van der Waals surface area contributed by atoms with Crippen LogP contribution >= 0.6 is 0 Å². The molecule has 110 valence electrons. The second-order valence-electron chi connectivity index (χ2n) is 5.56. The van der Waals surface area contributed by atoms with E-state index in [1.165, 1.54) is 12.1 Å². The lowest BCUT2D eigenvalue weighted by atomic mass is 9.85. The lowest BCUT2D eigenvalue weighted by Crippen LogP contribution is -2.47. The Balaban J connectivity index is 1.68. The van der Waals surface area contributed by atoms with Crippen molar-refractivity contribution in [3.8, 4) is 5.75 Å². The molecule has 1 atom stereocenters. The highest BCUT2D eigenvalue weighted by Gasteiger charge is 2.39. The van der Waals surface area contributed by atoms with Gasteiger partial charge in [-0.2, -0.15) is 0 Å². The molecule has 2 saturated heterocycles. The molecular weight excluding hydrogens is 261 g/mol. The van der Waals surface area contributed by atoms with Gasteiger partial charge in [0, 0.05) is 32.1 Å². The van der Waals surface area contributed by atoms with Crippen LogP contribution in [0.2, 0.25) is 0 Å². The van der Waals surface area contributed by atoms with Crippen LogP contribution in [0.5, 0.6) is 5.75 Å². The van der Waals surface area contributed by atoms with Crippen LogP contribution in [-0.2, 0) is 9.47 Å². The van der Waals surface area contributed by atoms with Crippen molar-refractivity contribution < 1.29 is 18.6 Å². The first-order valence-electron chi connectivity index (χ1n) is 7.10. The summed E-state index contributed by atoms with van der Waals surface area (Å²) in [5.41, 5.74) is 6.02. The summed E-state index contributed by atoms with van der Waals surface area (Å²) < 4.78 is 30.4. The van der Waals surface area contributed by atoms with Crippen LogP contribution in [0.25, 0.3) is 0 Å². The van der Waals surface area contributed by atoms with E-state index in [2.05, 4.69) is 0 Å². The van der Waals surface area contributed by atoms with E-state index in [-0.39, 0.29) is 17.5 Å². The van der Waals surface area contributed by atoms with Gasteiger partial charge in [0.1, 0.15) is 17.7 Å². The van der Waals surface area contributed by atoms with E-state index in [0.29, 0.717) is 18.0 Å². The van der Waals surface area contributed by atoms with Crippen molar-refractivity contribution in [3.63, 3.8) is 0 Å². The minimum absolute atomic E-state index is 0.0645. The monoisotopic (exact) mass is 281 g/mol. The van der Waals surface area contributed by atoms with Crippen LogP contribution in [0, 0.1) is 5.82 Å². The van der Waals surface area contributed by atoms with E-state index in [9.17, 15) is 4.39 Å². The van der Waals surface area contributed by atoms with Crippen molar-refractivity contribution in [2.75, 3.05) is 25.6 Å². The molecule has 0 aliphatic carbocycles. The van der Waals surface area contributed by atoms with E-state index >= 15 is 0 Å². The number of hydrogen-bond donors (Lipinski definition) is 1. The largest absolute Gasteiger partial charge is 0.488 e. The van der Waals surface area contributed by atoms with Crippen molar-refractivity contribution in [1.82, 2.24) is 0 Å². The number of halogens is 1. The molecule has 1 spiro atoms. The molecule has 0 saturated carbocycles. The molecular formula is C15H20FNO3. The fourth-order valence-corrected chi connectivity index (χ4v) is 2.98. The van der Waals surface area contributed by atoms with Crippen molar-refractivity contribution in [2.45, 2.75) is 37.4 Å². The molecule has 2 aliphatic rings. The van der Waals surface area contributed by atoms with E-state index in [1.807, 2.05) is 0 Å². The number of ether oxygens (including phenoxy) is 3. The number of rotatable bonds is 2. The Kier molecular flexibility index (Phi) is 3.81. The zero-order chi connectivity index (χ0) is 14.0. The van der Waals surface area contributed by atoms with Crippen LogP contribution in [0.3, 0.4) is 0 Å². The van der Waals surface area contributed by atoms with Crippen LogP contribution < -0.4 is 10.5 Å². The zero-order valence-corrected chi connectivity index (χ0v) is 11.4. The van der Waals surface area contributed by atoms with Gasteiger partial charge in [0.15, 0.2) is 0 Å². The summed E-state index contributed by atoms with van der Waals surface area (Å²) in [5.74, 6) is 0.211. The highest BCUT2D eigenvalue weighted by Crippen LogP contribution is 2.36. The van der Waals surface area contributed by atoms with Crippen molar-refractivity contribution in [1.29, 1.82) is 0 Å². The van der Waals surface area contributed by atoms with Crippen LogP contribution in [0.15, 0.2) is 18.2 Å². The fourth-order valence-electron chi connectivity index (χ4n) is 2.98. The van der Waals surface area contributed by atoms with Crippen molar-refractivity contribution >= 4 is 5.69 Å². The first-order valence-corrected chi connectivity index (χ1v) is 7.10. The van der Waals surface area contributed by atoms with E-state index in [0.717, 1.165) is 38.9 Å². The molecule has 4 nitrogen and oxygen atoms in total. The van der Waals surface area contributed by atoms with Crippen LogP contribution in [-0.4, -0.2) is 31.5 Å². The maximum absolute atomic E-state index is 13.0. The highest BCUT2D eigenvalue weighted by molar-refractivity contribution is 5.52. The molecule has 1 unspecified atom stereocenters. The highest BCUT2D eigenvalue weighted by atomic mass is 19.1. The topological polar surface area (TPSA) is 53.7 Å². The third-order valence-electron chi connectivity index (χ3n) is 4.12. The molecule has 0 amide bonds. The second-order valence-corrected chi connectivity index (χ2v) is 5.56. The quantitative estimate of drug-likeness (QED) is 0.846. The molecule has 20 heavy (non-hydrogen) atoms. The molecule has 2 N–H and O–H groups in total. The zero-order valence-electron chi connectivity index (χ0n) is 11.4. The van der Waals surface area contributed by atoms with Gasteiger partial charge in [-0.05, 0) is 25.0 Å². The molecule has 1 aromatic rings. The van der Waals surface area contributed by atoms with E-state index < -0.39 is 0 Å². The molecule has 2 heterocycles. The molecule has 0 aromatic heterocycles. The number of anilines is 1. The molecule has 1 aromatic carbocycles. The van der Waals surface area contributed by atoms with Gasteiger partial charge in [0.25, 0.3) is 0 Å². The summed E-state index contributed by atoms with van der Waals surface area (Å²) in [6.45, 7) is 2.17. The Morgan fingerprint density at radius 2 is 2.05 bits per heavy atom. The second kappa shape index (κ2) is 5.58. The van der Waals surface area contributed by atoms with Gasteiger partial charge in [-0.15, -0.1) is 0 Å². The van der Waals surface area contributed by atoms with Crippen molar-refractivity contribution in [2.24, 2.45) is 0 Å². The summed E-state index contributed by atoms with van der Waals surface area (Å²) in [5, 5.41) is 0. The van der Waals surface area contributed by atoms with Gasteiger partial charge in [-0.25, -0.2) is 4.39 Å². The minimum Gasteiger partial charge on any atom is -0.488 e. The number of benzene rings is 1.